The number of para-hydroxylation sites is 1. The van der Waals surface area contributed by atoms with Crippen LogP contribution in [0.1, 0.15) is 12.6 Å². The van der Waals surface area contributed by atoms with Crippen molar-refractivity contribution in [2.45, 2.75) is 13.1 Å². The number of halogens is 3. The van der Waals surface area contributed by atoms with E-state index in [-0.39, 0.29) is 15.9 Å². The summed E-state index contributed by atoms with van der Waals surface area (Å²) in [7, 11) is 0. The summed E-state index contributed by atoms with van der Waals surface area (Å²) in [5, 5.41) is 11.6. The maximum atomic E-state index is 11.6. The van der Waals surface area contributed by atoms with Crippen LogP contribution in [0.3, 0.4) is 0 Å². The van der Waals surface area contributed by atoms with Crippen molar-refractivity contribution in [3.05, 3.63) is 40.8 Å². The molecule has 2 rings (SSSR count). The fourth-order valence-electron chi connectivity index (χ4n) is 1.41. The molecule has 0 aliphatic carbocycles. The Morgan fingerprint density at radius 3 is 2.42 bits per heavy atom. The molecule has 0 radical (unpaired) electrons. The molecule has 0 bridgehead atoms. The maximum Gasteiger partial charge on any atom is 0.434 e. The average Bonchev–Trinajstić information content (AvgIpc) is 3.02. The van der Waals surface area contributed by atoms with E-state index in [1.165, 1.54) is 25.1 Å². The minimum Gasteiger partial charge on any atom is -0.240 e. The second kappa shape index (κ2) is 8.45. The van der Waals surface area contributed by atoms with Crippen LogP contribution in [0.2, 0.25) is 0 Å². The molecule has 3 N–H and O–H groups in total. The first kappa shape index (κ1) is 20.4. The molecule has 1 atom stereocenters. The summed E-state index contributed by atoms with van der Waals surface area (Å²) in [5.41, 5.74) is 0.500. The van der Waals surface area contributed by atoms with Crippen molar-refractivity contribution >= 4 is 41.5 Å². The van der Waals surface area contributed by atoms with Crippen molar-refractivity contribution in [3.8, 4) is 0 Å². The Balaban J connectivity index is 0.000000272. The largest absolute Gasteiger partial charge is 0.434 e. The number of aromatic nitrogens is 1. The zero-order valence-corrected chi connectivity index (χ0v) is 14.7. The summed E-state index contributed by atoms with van der Waals surface area (Å²) < 4.78 is 58.8. The summed E-state index contributed by atoms with van der Waals surface area (Å²) in [4.78, 5) is 13.9. The van der Waals surface area contributed by atoms with Crippen LogP contribution in [0.25, 0.3) is 0 Å². The van der Waals surface area contributed by atoms with Crippen LogP contribution in [0.5, 0.6) is 0 Å². The number of rotatable bonds is 3. The average molecular weight is 428 g/mol. The Hall–Kier alpha value is -1.65. The molecule has 12 heteroatoms. The van der Waals surface area contributed by atoms with Gasteiger partial charge in [-0.1, -0.05) is 0 Å². The Labute approximate surface area is 141 Å². The van der Waals surface area contributed by atoms with Gasteiger partial charge >= 0.3 is 94.6 Å². The topological polar surface area (TPSA) is 109 Å². The van der Waals surface area contributed by atoms with Crippen molar-refractivity contribution in [1.29, 1.82) is 0 Å². The van der Waals surface area contributed by atoms with E-state index in [1.54, 1.807) is 6.07 Å². The van der Waals surface area contributed by atoms with Crippen LogP contribution in [0.4, 0.5) is 18.9 Å². The Morgan fingerprint density at radius 2 is 2.00 bits per heavy atom. The van der Waals surface area contributed by atoms with Crippen molar-refractivity contribution < 1.29 is 34.9 Å². The number of hydrogen-bond acceptors (Lipinski definition) is 6. The predicted molar refractivity (Wildman–Crippen MR) is 79.9 cm³/mol. The fourth-order valence-corrected chi connectivity index (χ4v) is 3.64. The van der Waals surface area contributed by atoms with Gasteiger partial charge in [0.2, 0.25) is 0 Å². The van der Waals surface area contributed by atoms with E-state index in [2.05, 4.69) is 14.2 Å². The van der Waals surface area contributed by atoms with Gasteiger partial charge in [-0.3, -0.25) is 0 Å². The Bertz CT molecular complexity index is 724. The van der Waals surface area contributed by atoms with Crippen LogP contribution in [-0.2, 0) is 18.6 Å². The summed E-state index contributed by atoms with van der Waals surface area (Å²) in [5.74, 6) is -0.379. The van der Waals surface area contributed by atoms with E-state index in [0.29, 0.717) is 0 Å². The molecule has 0 saturated carbocycles. The Kier molecular flexibility index (Phi) is 7.18. The van der Waals surface area contributed by atoms with Gasteiger partial charge in [-0.25, -0.2) is 4.98 Å². The van der Waals surface area contributed by atoms with Crippen molar-refractivity contribution in [3.63, 3.8) is 0 Å². The molecule has 1 aromatic heterocycles. The van der Waals surface area contributed by atoms with Crippen LogP contribution >= 0.6 is 11.3 Å². The Morgan fingerprint density at radius 1 is 1.38 bits per heavy atom. The minimum atomic E-state index is -4.92. The van der Waals surface area contributed by atoms with E-state index in [4.69, 9.17) is 5.26 Å². The van der Waals surface area contributed by atoms with E-state index < -0.39 is 26.0 Å². The molecule has 1 unspecified atom stereocenters. The number of benzene rings is 1. The van der Waals surface area contributed by atoms with Crippen LogP contribution in [-0.4, -0.2) is 34.4 Å². The van der Waals surface area contributed by atoms with Gasteiger partial charge in [0.15, 0.2) is 5.69 Å². The molecule has 1 amide bonds. The first-order chi connectivity index (χ1) is 11.1. The number of anilines is 1. The van der Waals surface area contributed by atoms with Gasteiger partial charge in [-0.15, -0.1) is 11.3 Å². The molecular weight excluding hydrogens is 416 g/mol. The zero-order valence-electron chi connectivity index (χ0n) is 12.0. The monoisotopic (exact) mass is 428 g/mol. The van der Waals surface area contributed by atoms with Crippen LogP contribution < -0.4 is 9.67 Å². The maximum absolute atomic E-state index is 11.6. The molecule has 1 aromatic carbocycles. The molecule has 24 heavy (non-hydrogen) atoms. The third-order valence-corrected chi connectivity index (χ3v) is 5.50. The summed E-state index contributed by atoms with van der Waals surface area (Å²) >= 11 is -3.99. The number of thiazole rings is 1. The third kappa shape index (κ3) is 6.10. The third-order valence-electron chi connectivity index (χ3n) is 2.35. The minimum absolute atomic E-state index is 0.103. The number of hydrogen-bond donors (Lipinski definition) is 3. The number of carbonyl (C=O) groups is 1. The smallest absolute Gasteiger partial charge is 0.240 e. The van der Waals surface area contributed by atoms with Gasteiger partial charge in [-0.05, 0) is 0 Å². The molecular formula is C12H12AsF3N2O5S. The molecule has 132 valence electrons. The van der Waals surface area contributed by atoms with Crippen LogP contribution in [0.15, 0.2) is 35.2 Å². The SMILES string of the molecule is CC(=O)Nc1ccccc1[As](=O)(O)OO.FC(F)(F)c1cscn1. The normalized spacial score (nSPS) is 13.4. The summed E-state index contributed by atoms with van der Waals surface area (Å²) in [6.45, 7) is 1.27. The number of nitrogens with one attached hydrogen (secondary N) is 1. The standard InChI is InChI=1S/C8H10AsNO5.C4H2F3NS/c1-6(11)10-8-5-3-2-4-7(8)9(12,13)15-14;5-4(6,7)3-1-9-2-8-3/h2-5,14H,1H3,(H,10,11)(H,12,13);1-2H. The zero-order chi connectivity index (χ0) is 18.4. The van der Waals surface area contributed by atoms with Gasteiger partial charge in [0.05, 0.1) is 5.51 Å². The summed E-state index contributed by atoms with van der Waals surface area (Å²) in [6, 6.07) is 5.84. The predicted octanol–water partition coefficient (Wildman–Crippen LogP) is 1.87. The molecule has 0 fully saturated rings. The number of alkyl halides is 3. The van der Waals surface area contributed by atoms with Gasteiger partial charge in [0.25, 0.3) is 0 Å². The van der Waals surface area contributed by atoms with Gasteiger partial charge in [0.1, 0.15) is 0 Å². The molecule has 1 heterocycles. The first-order valence-corrected chi connectivity index (χ1v) is 10.3. The van der Waals surface area contributed by atoms with Gasteiger partial charge in [0, 0.05) is 5.38 Å². The first-order valence-electron chi connectivity index (χ1n) is 6.06. The number of carbonyl (C=O) groups excluding carboxylic acids is 1. The van der Waals surface area contributed by atoms with Gasteiger partial charge in [-0.2, -0.15) is 13.2 Å². The van der Waals surface area contributed by atoms with E-state index in [9.17, 15) is 25.8 Å². The fraction of sp³-hybridized carbons (Fsp3) is 0.167. The van der Waals surface area contributed by atoms with Crippen molar-refractivity contribution in [2.24, 2.45) is 0 Å². The molecule has 0 spiro atoms. The quantitative estimate of drug-likeness (QED) is 0.391. The number of nitrogens with zero attached hydrogens (tertiary/aromatic N) is 1. The van der Waals surface area contributed by atoms with Crippen molar-refractivity contribution in [1.82, 2.24) is 4.98 Å². The molecule has 2 aromatic rings. The second-order valence-electron chi connectivity index (χ2n) is 4.17. The molecule has 0 aliphatic heterocycles. The van der Waals surface area contributed by atoms with Crippen molar-refractivity contribution in [2.75, 3.05) is 5.32 Å². The molecule has 0 saturated heterocycles. The summed E-state index contributed by atoms with van der Waals surface area (Å²) in [6.07, 6.45) is -4.28. The van der Waals surface area contributed by atoms with E-state index in [0.717, 1.165) is 22.2 Å². The van der Waals surface area contributed by atoms with E-state index in [1.807, 2.05) is 0 Å². The van der Waals surface area contributed by atoms with Gasteiger partial charge < -0.3 is 0 Å². The van der Waals surface area contributed by atoms with E-state index >= 15 is 0 Å². The number of amides is 1. The second-order valence-corrected chi connectivity index (χ2v) is 8.43. The molecule has 7 nitrogen and oxygen atoms in total. The molecule has 0 aliphatic rings. The van der Waals surface area contributed by atoms with Crippen LogP contribution in [0, 0.1) is 0 Å².